The highest BCUT2D eigenvalue weighted by molar-refractivity contribution is 14.1. The standard InChI is InChI=1S/C22H20F2INOS/c1-11(2)22(27)26-12(3)8-15-14-6-4-5-7-18(14)28-21(15)20(26)19-16(23)9-13(25)10-17(19)24/h4-7,9-12,20H,8H2,1-3H3. The number of nitrogens with zero attached hydrogens (tertiary/aromatic N) is 1. The largest absolute Gasteiger partial charge is 0.327 e. The summed E-state index contributed by atoms with van der Waals surface area (Å²) in [6, 6.07) is 9.79. The highest BCUT2D eigenvalue weighted by Crippen LogP contribution is 2.47. The monoisotopic (exact) mass is 511 g/mol. The molecule has 1 aromatic heterocycles. The van der Waals surface area contributed by atoms with Crippen molar-refractivity contribution in [1.29, 1.82) is 0 Å². The molecule has 2 unspecified atom stereocenters. The lowest BCUT2D eigenvalue weighted by atomic mass is 9.88. The zero-order valence-corrected chi connectivity index (χ0v) is 18.8. The zero-order chi connectivity index (χ0) is 20.2. The number of rotatable bonds is 2. The van der Waals surface area contributed by atoms with E-state index < -0.39 is 17.7 Å². The van der Waals surface area contributed by atoms with Crippen molar-refractivity contribution in [2.24, 2.45) is 5.92 Å². The molecule has 0 N–H and O–H groups in total. The van der Waals surface area contributed by atoms with Crippen LogP contribution in [0.3, 0.4) is 0 Å². The van der Waals surface area contributed by atoms with E-state index in [2.05, 4.69) is 6.07 Å². The number of thiophene rings is 1. The highest BCUT2D eigenvalue weighted by atomic mass is 127. The molecule has 2 heterocycles. The van der Waals surface area contributed by atoms with E-state index in [9.17, 15) is 4.79 Å². The lowest BCUT2D eigenvalue weighted by molar-refractivity contribution is -0.139. The maximum absolute atomic E-state index is 15.0. The summed E-state index contributed by atoms with van der Waals surface area (Å²) in [6.07, 6.45) is 0.682. The second-order valence-corrected chi connectivity index (χ2v) is 9.91. The molecular formula is C22H20F2INOS. The van der Waals surface area contributed by atoms with E-state index in [4.69, 9.17) is 0 Å². The summed E-state index contributed by atoms with van der Waals surface area (Å²) in [7, 11) is 0. The zero-order valence-electron chi connectivity index (χ0n) is 15.8. The van der Waals surface area contributed by atoms with Crippen LogP contribution in [0.25, 0.3) is 10.1 Å². The Labute approximate surface area is 180 Å². The number of hydrogen-bond acceptors (Lipinski definition) is 2. The lowest BCUT2D eigenvalue weighted by Gasteiger charge is -2.42. The van der Waals surface area contributed by atoms with Gasteiger partial charge in [0.15, 0.2) is 0 Å². The molecule has 0 radical (unpaired) electrons. The smallest absolute Gasteiger partial charge is 0.226 e. The molecule has 0 fully saturated rings. The van der Waals surface area contributed by atoms with Crippen LogP contribution in [-0.4, -0.2) is 16.8 Å². The number of carbonyl (C=O) groups is 1. The molecule has 28 heavy (non-hydrogen) atoms. The van der Waals surface area contributed by atoms with Crippen molar-refractivity contribution in [3.05, 3.63) is 67.6 Å². The van der Waals surface area contributed by atoms with Crippen LogP contribution < -0.4 is 0 Å². The Hall–Kier alpha value is -1.54. The summed E-state index contributed by atoms with van der Waals surface area (Å²) in [5.41, 5.74) is 1.07. The van der Waals surface area contributed by atoms with E-state index in [1.165, 1.54) is 23.5 Å². The Kier molecular flexibility index (Phi) is 5.20. The van der Waals surface area contributed by atoms with Gasteiger partial charge in [0.05, 0.1) is 11.6 Å². The molecule has 0 aliphatic carbocycles. The number of amides is 1. The van der Waals surface area contributed by atoms with Crippen molar-refractivity contribution >= 4 is 49.9 Å². The minimum Gasteiger partial charge on any atom is -0.327 e. The SMILES string of the molecule is CC(C)C(=O)N1C(C)Cc2c(sc3ccccc23)C1c1c(F)cc(I)cc1F. The van der Waals surface area contributed by atoms with E-state index in [0.29, 0.717) is 9.99 Å². The molecule has 6 heteroatoms. The molecule has 1 aliphatic rings. The second-order valence-electron chi connectivity index (χ2n) is 7.58. The van der Waals surface area contributed by atoms with Gasteiger partial charge >= 0.3 is 0 Å². The summed E-state index contributed by atoms with van der Waals surface area (Å²) in [5, 5.41) is 1.11. The first-order chi connectivity index (χ1) is 13.3. The molecule has 0 spiro atoms. The topological polar surface area (TPSA) is 20.3 Å². The van der Waals surface area contributed by atoms with Crippen molar-refractivity contribution in [2.45, 2.75) is 39.3 Å². The van der Waals surface area contributed by atoms with Gasteiger partial charge in [-0.15, -0.1) is 11.3 Å². The fourth-order valence-corrected chi connectivity index (χ4v) is 5.94. The molecule has 146 valence electrons. The number of hydrogen-bond donors (Lipinski definition) is 0. The van der Waals surface area contributed by atoms with Gasteiger partial charge in [-0.1, -0.05) is 32.0 Å². The van der Waals surface area contributed by atoms with Gasteiger partial charge in [0.2, 0.25) is 5.91 Å². The van der Waals surface area contributed by atoms with Gasteiger partial charge in [-0.3, -0.25) is 4.79 Å². The van der Waals surface area contributed by atoms with Crippen LogP contribution >= 0.6 is 33.9 Å². The molecule has 4 rings (SSSR count). The van der Waals surface area contributed by atoms with Crippen LogP contribution in [0.4, 0.5) is 8.78 Å². The highest BCUT2D eigenvalue weighted by Gasteiger charge is 2.41. The summed E-state index contributed by atoms with van der Waals surface area (Å²) < 4.78 is 31.6. The van der Waals surface area contributed by atoms with Gasteiger partial charge in [-0.2, -0.15) is 0 Å². The van der Waals surface area contributed by atoms with Crippen molar-refractivity contribution < 1.29 is 13.6 Å². The van der Waals surface area contributed by atoms with E-state index >= 15 is 8.78 Å². The van der Waals surface area contributed by atoms with Crippen LogP contribution in [-0.2, 0) is 11.2 Å². The second kappa shape index (κ2) is 7.37. The molecule has 1 aliphatic heterocycles. The number of halogens is 3. The molecule has 2 nitrogen and oxygen atoms in total. The normalized spacial score (nSPS) is 19.3. The van der Waals surface area contributed by atoms with Gasteiger partial charge in [-0.25, -0.2) is 8.78 Å². The van der Waals surface area contributed by atoms with Crippen molar-refractivity contribution in [3.63, 3.8) is 0 Å². The molecule has 2 aromatic carbocycles. The summed E-state index contributed by atoms with van der Waals surface area (Å²) in [4.78, 5) is 15.6. The molecular weight excluding hydrogens is 491 g/mol. The number of carbonyl (C=O) groups excluding carboxylic acids is 1. The molecule has 0 saturated carbocycles. The van der Waals surface area contributed by atoms with Crippen LogP contribution in [0.2, 0.25) is 0 Å². The van der Waals surface area contributed by atoms with Crippen molar-refractivity contribution in [1.82, 2.24) is 4.90 Å². The van der Waals surface area contributed by atoms with E-state index in [-0.39, 0.29) is 23.4 Å². The minimum absolute atomic E-state index is 0.0335. The van der Waals surface area contributed by atoms with Crippen molar-refractivity contribution in [3.8, 4) is 0 Å². The van der Waals surface area contributed by atoms with Gasteiger partial charge < -0.3 is 4.90 Å². The quantitative estimate of drug-likeness (QED) is 0.370. The first kappa shape index (κ1) is 19.8. The molecule has 0 saturated heterocycles. The van der Waals surface area contributed by atoms with E-state index in [1.54, 1.807) is 4.90 Å². The number of benzene rings is 2. The van der Waals surface area contributed by atoms with Gasteiger partial charge in [-0.05, 0) is 65.1 Å². The van der Waals surface area contributed by atoms with E-state index in [0.717, 1.165) is 20.5 Å². The van der Waals surface area contributed by atoms with Gasteiger partial charge in [0.1, 0.15) is 11.6 Å². The molecule has 2 atom stereocenters. The molecule has 1 amide bonds. The van der Waals surface area contributed by atoms with Gasteiger partial charge in [0.25, 0.3) is 0 Å². The maximum Gasteiger partial charge on any atom is 0.226 e. The van der Waals surface area contributed by atoms with Gasteiger partial charge in [0, 0.05) is 25.1 Å². The Bertz CT molecular complexity index is 1050. The predicted octanol–water partition coefficient (Wildman–Crippen LogP) is 6.30. The van der Waals surface area contributed by atoms with Crippen molar-refractivity contribution in [2.75, 3.05) is 0 Å². The van der Waals surface area contributed by atoms with Crippen LogP contribution in [0.5, 0.6) is 0 Å². The summed E-state index contributed by atoms with van der Waals surface area (Å²) in [6.45, 7) is 5.62. The van der Waals surface area contributed by atoms with Crippen LogP contribution in [0.15, 0.2) is 36.4 Å². The number of fused-ring (bicyclic) bond motifs is 3. The van der Waals surface area contributed by atoms with Crippen LogP contribution in [0.1, 0.15) is 42.8 Å². The Balaban J connectivity index is 2.02. The predicted molar refractivity (Wildman–Crippen MR) is 118 cm³/mol. The first-order valence-electron chi connectivity index (χ1n) is 9.26. The average molecular weight is 511 g/mol. The summed E-state index contributed by atoms with van der Waals surface area (Å²) in [5.74, 6) is -1.55. The average Bonchev–Trinajstić information content (AvgIpc) is 2.98. The molecule has 3 aromatic rings. The third kappa shape index (κ3) is 3.14. The maximum atomic E-state index is 15.0. The third-order valence-corrected chi connectivity index (χ3v) is 7.18. The molecule has 0 bridgehead atoms. The minimum atomic E-state index is -0.747. The Morgan fingerprint density at radius 2 is 1.86 bits per heavy atom. The Morgan fingerprint density at radius 1 is 1.21 bits per heavy atom. The fourth-order valence-electron chi connectivity index (χ4n) is 4.05. The first-order valence-corrected chi connectivity index (χ1v) is 11.2. The summed E-state index contributed by atoms with van der Waals surface area (Å²) >= 11 is 3.44. The lowest BCUT2D eigenvalue weighted by Crippen LogP contribution is -2.48. The van der Waals surface area contributed by atoms with E-state index in [1.807, 2.05) is 61.6 Å². The Morgan fingerprint density at radius 3 is 2.50 bits per heavy atom. The third-order valence-electron chi connectivity index (χ3n) is 5.30. The van der Waals surface area contributed by atoms with Crippen LogP contribution in [0, 0.1) is 21.1 Å². The fraction of sp³-hybridized carbons (Fsp3) is 0.318.